The van der Waals surface area contributed by atoms with Crippen LogP contribution < -0.4 is 0 Å². The average Bonchev–Trinajstić information content (AvgIpc) is 2.48. The Morgan fingerprint density at radius 2 is 2.29 bits per heavy atom. The van der Waals surface area contributed by atoms with Crippen molar-refractivity contribution in [3.63, 3.8) is 0 Å². The van der Waals surface area contributed by atoms with E-state index in [1.165, 1.54) is 6.26 Å². The standard InChI is InChI=1S/C10H12F2O2/c1-5-4-14-8-3-6(10(11)12)2-7(13)9(5)8/h4,6-7,10,13H,2-3H2,1H3/t6-,7+/m0/s1. The minimum Gasteiger partial charge on any atom is -0.469 e. The van der Waals surface area contributed by atoms with E-state index in [1.807, 2.05) is 6.92 Å². The lowest BCUT2D eigenvalue weighted by Gasteiger charge is -2.25. The molecule has 0 spiro atoms. The fourth-order valence-corrected chi connectivity index (χ4v) is 2.03. The predicted molar refractivity (Wildman–Crippen MR) is 46.2 cm³/mol. The van der Waals surface area contributed by atoms with Crippen LogP contribution in [-0.2, 0) is 6.42 Å². The normalized spacial score (nSPS) is 26.6. The molecular formula is C10H12F2O2. The SMILES string of the molecule is Cc1coc2c1[C@H](O)C[C@H](C(F)F)C2. The summed E-state index contributed by atoms with van der Waals surface area (Å²) < 4.78 is 30.0. The topological polar surface area (TPSA) is 33.4 Å². The van der Waals surface area contributed by atoms with Crippen LogP contribution in [0.2, 0.25) is 0 Å². The fraction of sp³-hybridized carbons (Fsp3) is 0.600. The van der Waals surface area contributed by atoms with Gasteiger partial charge in [0.15, 0.2) is 0 Å². The summed E-state index contributed by atoms with van der Waals surface area (Å²) in [5.74, 6) is -0.255. The van der Waals surface area contributed by atoms with Crippen LogP contribution in [0, 0.1) is 12.8 Å². The molecule has 1 heterocycles. The van der Waals surface area contributed by atoms with Gasteiger partial charge in [-0.05, 0) is 18.9 Å². The molecule has 0 saturated heterocycles. The quantitative estimate of drug-likeness (QED) is 0.758. The lowest BCUT2D eigenvalue weighted by molar-refractivity contribution is 0.0261. The van der Waals surface area contributed by atoms with Crippen LogP contribution in [-0.4, -0.2) is 11.5 Å². The van der Waals surface area contributed by atoms with Gasteiger partial charge in [0.1, 0.15) is 5.76 Å². The van der Waals surface area contributed by atoms with Crippen molar-refractivity contribution in [2.45, 2.75) is 32.3 Å². The fourth-order valence-electron chi connectivity index (χ4n) is 2.03. The molecule has 14 heavy (non-hydrogen) atoms. The Hall–Kier alpha value is -0.900. The van der Waals surface area contributed by atoms with E-state index in [0.717, 1.165) is 5.56 Å². The Bertz CT molecular complexity index is 333. The van der Waals surface area contributed by atoms with Crippen molar-refractivity contribution < 1.29 is 18.3 Å². The summed E-state index contributed by atoms with van der Waals surface area (Å²) in [4.78, 5) is 0. The highest BCUT2D eigenvalue weighted by Gasteiger charge is 2.34. The summed E-state index contributed by atoms with van der Waals surface area (Å²) in [6.07, 6.45) is -1.30. The van der Waals surface area contributed by atoms with Crippen molar-refractivity contribution in [1.29, 1.82) is 0 Å². The van der Waals surface area contributed by atoms with Crippen LogP contribution in [0.4, 0.5) is 8.78 Å². The van der Waals surface area contributed by atoms with Crippen LogP contribution in [0.15, 0.2) is 10.7 Å². The first-order valence-corrected chi connectivity index (χ1v) is 4.62. The van der Waals surface area contributed by atoms with E-state index in [1.54, 1.807) is 0 Å². The second kappa shape index (κ2) is 3.35. The maximum atomic E-state index is 12.4. The highest BCUT2D eigenvalue weighted by molar-refractivity contribution is 5.31. The smallest absolute Gasteiger partial charge is 0.241 e. The highest BCUT2D eigenvalue weighted by Crippen LogP contribution is 2.38. The molecule has 2 rings (SSSR count). The zero-order valence-electron chi connectivity index (χ0n) is 7.84. The first-order chi connectivity index (χ1) is 6.59. The molecule has 0 saturated carbocycles. The Morgan fingerprint density at radius 3 is 2.93 bits per heavy atom. The molecule has 2 atom stereocenters. The molecule has 0 unspecified atom stereocenters. The number of rotatable bonds is 1. The van der Waals surface area contributed by atoms with E-state index < -0.39 is 18.4 Å². The van der Waals surface area contributed by atoms with Crippen molar-refractivity contribution in [2.24, 2.45) is 5.92 Å². The van der Waals surface area contributed by atoms with Crippen molar-refractivity contribution in [3.8, 4) is 0 Å². The maximum absolute atomic E-state index is 12.4. The van der Waals surface area contributed by atoms with Gasteiger partial charge in [-0.1, -0.05) is 0 Å². The van der Waals surface area contributed by atoms with Crippen LogP contribution in [0.3, 0.4) is 0 Å². The molecule has 1 aromatic heterocycles. The third-order valence-electron chi connectivity index (χ3n) is 2.77. The van der Waals surface area contributed by atoms with Gasteiger partial charge < -0.3 is 9.52 Å². The lowest BCUT2D eigenvalue weighted by Crippen LogP contribution is -2.23. The van der Waals surface area contributed by atoms with Gasteiger partial charge in [0.2, 0.25) is 6.43 Å². The van der Waals surface area contributed by atoms with Crippen LogP contribution in [0.25, 0.3) is 0 Å². The third kappa shape index (κ3) is 1.43. The first-order valence-electron chi connectivity index (χ1n) is 4.62. The van der Waals surface area contributed by atoms with Gasteiger partial charge in [0.25, 0.3) is 0 Å². The minimum absolute atomic E-state index is 0.130. The van der Waals surface area contributed by atoms with Crippen molar-refractivity contribution in [1.82, 2.24) is 0 Å². The van der Waals surface area contributed by atoms with Crippen molar-refractivity contribution in [3.05, 3.63) is 23.2 Å². The number of furan rings is 1. The highest BCUT2D eigenvalue weighted by atomic mass is 19.3. The van der Waals surface area contributed by atoms with Gasteiger partial charge in [0, 0.05) is 17.9 Å². The number of aliphatic hydroxyl groups excluding tert-OH is 1. The third-order valence-corrected chi connectivity index (χ3v) is 2.77. The second-order valence-electron chi connectivity index (χ2n) is 3.81. The Labute approximate surface area is 80.5 Å². The van der Waals surface area contributed by atoms with E-state index in [0.29, 0.717) is 11.3 Å². The lowest BCUT2D eigenvalue weighted by atomic mass is 9.85. The molecule has 1 aromatic rings. The van der Waals surface area contributed by atoms with E-state index in [-0.39, 0.29) is 12.8 Å². The van der Waals surface area contributed by atoms with Gasteiger partial charge in [-0.15, -0.1) is 0 Å². The number of aliphatic hydroxyl groups is 1. The van der Waals surface area contributed by atoms with E-state index in [2.05, 4.69) is 0 Å². The monoisotopic (exact) mass is 202 g/mol. The van der Waals surface area contributed by atoms with E-state index in [4.69, 9.17) is 4.42 Å². The molecule has 78 valence electrons. The molecule has 1 aliphatic rings. The molecule has 0 amide bonds. The van der Waals surface area contributed by atoms with Gasteiger partial charge in [-0.25, -0.2) is 8.78 Å². The Balaban J connectivity index is 2.30. The molecule has 0 aliphatic heterocycles. The summed E-state index contributed by atoms with van der Waals surface area (Å²) >= 11 is 0. The average molecular weight is 202 g/mol. The van der Waals surface area contributed by atoms with Gasteiger partial charge in [0.05, 0.1) is 12.4 Å². The molecule has 0 bridgehead atoms. The van der Waals surface area contributed by atoms with Crippen molar-refractivity contribution >= 4 is 0 Å². The summed E-state index contributed by atoms with van der Waals surface area (Å²) in [5, 5.41) is 9.66. The number of hydrogen-bond acceptors (Lipinski definition) is 2. The molecule has 0 radical (unpaired) electrons. The minimum atomic E-state index is -2.39. The summed E-state index contributed by atoms with van der Waals surface area (Å²) in [5.41, 5.74) is 1.56. The van der Waals surface area contributed by atoms with Crippen LogP contribution >= 0.6 is 0 Å². The van der Waals surface area contributed by atoms with Gasteiger partial charge >= 0.3 is 0 Å². The summed E-state index contributed by atoms with van der Waals surface area (Å²) in [6.45, 7) is 1.81. The molecule has 0 aromatic carbocycles. The first kappa shape index (κ1) is 9.65. The molecule has 1 N–H and O–H groups in total. The second-order valence-corrected chi connectivity index (χ2v) is 3.81. The largest absolute Gasteiger partial charge is 0.469 e. The molecule has 2 nitrogen and oxygen atoms in total. The Kier molecular flexibility index (Phi) is 2.31. The molecule has 1 aliphatic carbocycles. The molecule has 4 heteroatoms. The number of fused-ring (bicyclic) bond motifs is 1. The molecule has 0 fully saturated rings. The number of halogens is 2. The van der Waals surface area contributed by atoms with Gasteiger partial charge in [-0.3, -0.25) is 0 Å². The summed E-state index contributed by atoms with van der Waals surface area (Å²) in [6, 6.07) is 0. The number of alkyl halides is 2. The zero-order chi connectivity index (χ0) is 10.3. The van der Waals surface area contributed by atoms with Crippen molar-refractivity contribution in [2.75, 3.05) is 0 Å². The number of aryl methyl sites for hydroxylation is 1. The van der Waals surface area contributed by atoms with Gasteiger partial charge in [-0.2, -0.15) is 0 Å². The summed E-state index contributed by atoms with van der Waals surface area (Å²) in [7, 11) is 0. The van der Waals surface area contributed by atoms with Crippen LogP contribution in [0.1, 0.15) is 29.4 Å². The Morgan fingerprint density at radius 1 is 1.57 bits per heavy atom. The maximum Gasteiger partial charge on any atom is 0.241 e. The van der Waals surface area contributed by atoms with E-state index >= 15 is 0 Å². The van der Waals surface area contributed by atoms with E-state index in [9.17, 15) is 13.9 Å². The predicted octanol–water partition coefficient (Wildman–Crippen LogP) is 2.45. The number of hydrogen-bond donors (Lipinski definition) is 1. The van der Waals surface area contributed by atoms with Crippen LogP contribution in [0.5, 0.6) is 0 Å². The molecular weight excluding hydrogens is 190 g/mol. The zero-order valence-corrected chi connectivity index (χ0v) is 7.84.